The minimum absolute atomic E-state index is 0.0838. The summed E-state index contributed by atoms with van der Waals surface area (Å²) in [6.07, 6.45) is 3.24. The van der Waals surface area contributed by atoms with Gasteiger partial charge in [-0.3, -0.25) is 9.36 Å². The van der Waals surface area contributed by atoms with Crippen LogP contribution in [0.5, 0.6) is 5.75 Å². The summed E-state index contributed by atoms with van der Waals surface area (Å²) in [7, 11) is 0. The summed E-state index contributed by atoms with van der Waals surface area (Å²) >= 11 is 0. The van der Waals surface area contributed by atoms with Gasteiger partial charge in [-0.1, -0.05) is 31.2 Å². The van der Waals surface area contributed by atoms with E-state index < -0.39 is 0 Å². The second-order valence-corrected chi connectivity index (χ2v) is 7.64. The number of benzene rings is 2. The maximum atomic E-state index is 13.6. The SMILES string of the molecule is CCc1c(N2CCCC2)nc(-c2ccccc2O)n(CCc2cccc(F)c2)c1=O. The second-order valence-electron chi connectivity index (χ2n) is 7.64. The number of hydrogen-bond donors (Lipinski definition) is 1. The molecule has 2 aromatic carbocycles. The molecule has 5 nitrogen and oxygen atoms in total. The van der Waals surface area contributed by atoms with Crippen LogP contribution in [0, 0.1) is 5.82 Å². The van der Waals surface area contributed by atoms with Crippen LogP contribution in [0.2, 0.25) is 0 Å². The van der Waals surface area contributed by atoms with Crippen molar-refractivity contribution in [1.82, 2.24) is 9.55 Å². The number of nitrogens with zero attached hydrogens (tertiary/aromatic N) is 3. The molecule has 0 radical (unpaired) electrons. The van der Waals surface area contributed by atoms with Crippen LogP contribution in [0.4, 0.5) is 10.2 Å². The van der Waals surface area contributed by atoms with Gasteiger partial charge in [-0.2, -0.15) is 0 Å². The third kappa shape index (κ3) is 3.95. The predicted octanol–water partition coefficient (Wildman–Crippen LogP) is 4.16. The van der Waals surface area contributed by atoms with E-state index in [9.17, 15) is 14.3 Å². The van der Waals surface area contributed by atoms with Gasteiger partial charge in [0.2, 0.25) is 0 Å². The van der Waals surface area contributed by atoms with Crippen molar-refractivity contribution in [2.24, 2.45) is 0 Å². The van der Waals surface area contributed by atoms with Crippen molar-refractivity contribution in [3.05, 3.63) is 75.8 Å². The molecular weight excluding hydrogens is 381 g/mol. The molecule has 0 aliphatic carbocycles. The summed E-state index contributed by atoms with van der Waals surface area (Å²) in [5, 5.41) is 10.5. The Labute approximate surface area is 175 Å². The van der Waals surface area contributed by atoms with Crippen molar-refractivity contribution in [1.29, 1.82) is 0 Å². The molecule has 0 saturated carbocycles. The molecule has 1 saturated heterocycles. The van der Waals surface area contributed by atoms with Gasteiger partial charge < -0.3 is 10.0 Å². The Balaban J connectivity index is 1.84. The van der Waals surface area contributed by atoms with Gasteiger partial charge in [-0.05, 0) is 55.5 Å². The molecule has 0 spiro atoms. The molecule has 156 valence electrons. The number of halogens is 1. The van der Waals surface area contributed by atoms with Gasteiger partial charge in [-0.15, -0.1) is 0 Å². The Morgan fingerprint density at radius 3 is 2.57 bits per heavy atom. The molecule has 6 heteroatoms. The molecule has 0 unspecified atom stereocenters. The highest BCUT2D eigenvalue weighted by Crippen LogP contribution is 2.30. The molecule has 1 aromatic heterocycles. The van der Waals surface area contributed by atoms with E-state index >= 15 is 0 Å². The van der Waals surface area contributed by atoms with Crippen molar-refractivity contribution in [3.63, 3.8) is 0 Å². The van der Waals surface area contributed by atoms with Crippen LogP contribution in [0.1, 0.15) is 30.9 Å². The molecule has 2 heterocycles. The highest BCUT2D eigenvalue weighted by Gasteiger charge is 2.23. The Kier molecular flexibility index (Phi) is 5.84. The fourth-order valence-electron chi connectivity index (χ4n) is 4.09. The standard InChI is InChI=1S/C24H26FN3O2/c1-2-19-22(27-13-5-6-14-27)26-23(20-10-3-4-11-21(20)29)28(24(19)30)15-12-17-8-7-9-18(25)16-17/h3-4,7-11,16,29H,2,5-6,12-15H2,1H3. The lowest BCUT2D eigenvalue weighted by atomic mass is 10.1. The molecule has 0 bridgehead atoms. The van der Waals surface area contributed by atoms with Gasteiger partial charge in [-0.25, -0.2) is 9.37 Å². The third-order valence-corrected chi connectivity index (χ3v) is 5.66. The minimum Gasteiger partial charge on any atom is -0.507 e. The van der Waals surface area contributed by atoms with E-state index in [-0.39, 0.29) is 17.1 Å². The van der Waals surface area contributed by atoms with Gasteiger partial charge in [0.1, 0.15) is 23.2 Å². The lowest BCUT2D eigenvalue weighted by Gasteiger charge is -2.23. The van der Waals surface area contributed by atoms with E-state index in [2.05, 4.69) is 4.90 Å². The molecule has 3 aromatic rings. The highest BCUT2D eigenvalue weighted by atomic mass is 19.1. The number of anilines is 1. The molecule has 4 rings (SSSR count). The summed E-state index contributed by atoms with van der Waals surface area (Å²) in [6.45, 7) is 4.08. The van der Waals surface area contributed by atoms with Gasteiger partial charge in [0.15, 0.2) is 0 Å². The molecule has 1 aliphatic heterocycles. The topological polar surface area (TPSA) is 58.4 Å². The molecule has 30 heavy (non-hydrogen) atoms. The lowest BCUT2D eigenvalue weighted by Crippen LogP contribution is -2.32. The summed E-state index contributed by atoms with van der Waals surface area (Å²) in [5.74, 6) is 0.965. The van der Waals surface area contributed by atoms with Crippen molar-refractivity contribution < 1.29 is 9.50 Å². The molecule has 1 aliphatic rings. The van der Waals surface area contributed by atoms with E-state index in [1.54, 1.807) is 28.8 Å². The molecule has 0 atom stereocenters. The summed E-state index contributed by atoms with van der Waals surface area (Å²) in [6, 6.07) is 13.3. The first-order valence-corrected chi connectivity index (χ1v) is 10.5. The van der Waals surface area contributed by atoms with Crippen molar-refractivity contribution >= 4 is 5.82 Å². The number of aryl methyl sites for hydroxylation is 1. The van der Waals surface area contributed by atoms with E-state index in [0.717, 1.165) is 37.3 Å². The zero-order chi connectivity index (χ0) is 21.1. The summed E-state index contributed by atoms with van der Waals surface area (Å²) in [5.41, 5.74) is 1.93. The van der Waals surface area contributed by atoms with Crippen molar-refractivity contribution in [2.45, 2.75) is 39.2 Å². The van der Waals surface area contributed by atoms with Crippen molar-refractivity contribution in [2.75, 3.05) is 18.0 Å². The number of phenols is 1. The fraction of sp³-hybridized carbons (Fsp3) is 0.333. The Morgan fingerprint density at radius 2 is 1.87 bits per heavy atom. The van der Waals surface area contributed by atoms with Crippen LogP contribution in [-0.4, -0.2) is 27.7 Å². The number of aromatic nitrogens is 2. The summed E-state index contributed by atoms with van der Waals surface area (Å²) < 4.78 is 15.2. The number of rotatable bonds is 6. The Hall–Kier alpha value is -3.15. The number of aromatic hydroxyl groups is 1. The van der Waals surface area contributed by atoms with Crippen LogP contribution < -0.4 is 10.5 Å². The minimum atomic E-state index is -0.294. The predicted molar refractivity (Wildman–Crippen MR) is 117 cm³/mol. The zero-order valence-electron chi connectivity index (χ0n) is 17.1. The van der Waals surface area contributed by atoms with Gasteiger partial charge in [0.25, 0.3) is 5.56 Å². The number of phenolic OH excluding ortho intramolecular Hbond substituents is 1. The average Bonchev–Trinajstić information content (AvgIpc) is 3.27. The number of hydrogen-bond acceptors (Lipinski definition) is 4. The van der Waals surface area contributed by atoms with E-state index in [4.69, 9.17) is 4.98 Å². The van der Waals surface area contributed by atoms with Crippen LogP contribution in [0.15, 0.2) is 53.3 Å². The van der Waals surface area contributed by atoms with Crippen LogP contribution in [-0.2, 0) is 19.4 Å². The van der Waals surface area contributed by atoms with Crippen LogP contribution in [0.25, 0.3) is 11.4 Å². The maximum absolute atomic E-state index is 13.6. The monoisotopic (exact) mass is 407 g/mol. The zero-order valence-corrected chi connectivity index (χ0v) is 17.1. The smallest absolute Gasteiger partial charge is 0.259 e. The number of para-hydroxylation sites is 1. The van der Waals surface area contributed by atoms with E-state index in [1.807, 2.05) is 19.1 Å². The van der Waals surface area contributed by atoms with Crippen molar-refractivity contribution in [3.8, 4) is 17.1 Å². The van der Waals surface area contributed by atoms with Gasteiger partial charge in [0, 0.05) is 19.6 Å². The first-order valence-electron chi connectivity index (χ1n) is 10.5. The van der Waals surface area contributed by atoms with Crippen LogP contribution >= 0.6 is 0 Å². The first-order chi connectivity index (χ1) is 14.6. The fourth-order valence-corrected chi connectivity index (χ4v) is 4.09. The third-order valence-electron chi connectivity index (χ3n) is 5.66. The average molecular weight is 407 g/mol. The first kappa shape index (κ1) is 20.1. The second kappa shape index (κ2) is 8.69. The largest absolute Gasteiger partial charge is 0.507 e. The highest BCUT2D eigenvalue weighted by molar-refractivity contribution is 5.66. The van der Waals surface area contributed by atoms with Crippen LogP contribution in [0.3, 0.4) is 0 Å². The molecule has 1 N–H and O–H groups in total. The van der Waals surface area contributed by atoms with E-state index in [1.165, 1.54) is 12.1 Å². The Morgan fingerprint density at radius 1 is 1.10 bits per heavy atom. The maximum Gasteiger partial charge on any atom is 0.259 e. The van der Waals surface area contributed by atoms with E-state index in [0.29, 0.717) is 36.3 Å². The molecular formula is C24H26FN3O2. The molecule has 1 fully saturated rings. The normalized spacial score (nSPS) is 13.7. The quantitative estimate of drug-likeness (QED) is 0.667. The lowest BCUT2D eigenvalue weighted by molar-refractivity contribution is 0.476. The summed E-state index contributed by atoms with van der Waals surface area (Å²) in [4.78, 5) is 20.6. The Bertz CT molecular complexity index is 1100. The molecule has 0 amide bonds. The van der Waals surface area contributed by atoms with Gasteiger partial charge in [0.05, 0.1) is 11.1 Å². The van der Waals surface area contributed by atoms with Gasteiger partial charge >= 0.3 is 0 Å².